The number of benzene rings is 1. The van der Waals surface area contributed by atoms with Gasteiger partial charge in [-0.2, -0.15) is 5.26 Å². The van der Waals surface area contributed by atoms with Crippen molar-refractivity contribution in [3.63, 3.8) is 0 Å². The third-order valence-electron chi connectivity index (χ3n) is 3.92. The van der Waals surface area contributed by atoms with Gasteiger partial charge in [-0.3, -0.25) is 4.79 Å². The molecule has 1 aromatic heterocycles. The summed E-state index contributed by atoms with van der Waals surface area (Å²) in [6.45, 7) is 0.0928. The van der Waals surface area contributed by atoms with E-state index in [1.807, 2.05) is 6.07 Å². The highest BCUT2D eigenvalue weighted by Gasteiger charge is 2.36. The fraction of sp³-hybridized carbons (Fsp3) is 0.250. The van der Waals surface area contributed by atoms with Gasteiger partial charge in [0.1, 0.15) is 11.8 Å². The lowest BCUT2D eigenvalue weighted by molar-refractivity contribution is 0.0715. The average molecular weight is 317 g/mol. The minimum Gasteiger partial charge on any atom is -0.391 e. The van der Waals surface area contributed by atoms with Crippen LogP contribution in [0.3, 0.4) is 0 Å². The van der Waals surface area contributed by atoms with Crippen LogP contribution >= 0.6 is 0 Å². The highest BCUT2D eigenvalue weighted by Crippen LogP contribution is 2.34. The number of hydrogen-bond donors (Lipinski definition) is 2. The van der Waals surface area contributed by atoms with Gasteiger partial charge in [0.05, 0.1) is 17.7 Å². The zero-order valence-corrected chi connectivity index (χ0v) is 12.0. The Morgan fingerprint density at radius 1 is 1.35 bits per heavy atom. The molecule has 1 fully saturated rings. The van der Waals surface area contributed by atoms with Gasteiger partial charge in [-0.15, -0.1) is 0 Å². The maximum atomic E-state index is 13.4. The van der Waals surface area contributed by atoms with Gasteiger partial charge in [0.25, 0.3) is 5.91 Å². The minimum atomic E-state index is -0.996. The first-order chi connectivity index (χ1) is 11.0. The monoisotopic (exact) mass is 317 g/mol. The Morgan fingerprint density at radius 3 is 2.78 bits per heavy atom. The summed E-state index contributed by atoms with van der Waals surface area (Å²) >= 11 is 0. The molecule has 5 nitrogen and oxygen atoms in total. The summed E-state index contributed by atoms with van der Waals surface area (Å²) in [5.41, 5.74) is 0.950. The highest BCUT2D eigenvalue weighted by molar-refractivity contribution is 5.95. The van der Waals surface area contributed by atoms with Gasteiger partial charge in [-0.25, -0.2) is 8.78 Å². The molecule has 2 aromatic rings. The van der Waals surface area contributed by atoms with Gasteiger partial charge in [0, 0.05) is 12.7 Å². The van der Waals surface area contributed by atoms with Crippen LogP contribution in [0.2, 0.25) is 0 Å². The fourth-order valence-corrected chi connectivity index (χ4v) is 2.82. The van der Waals surface area contributed by atoms with Gasteiger partial charge >= 0.3 is 0 Å². The van der Waals surface area contributed by atoms with Crippen LogP contribution in [-0.2, 0) is 0 Å². The first-order valence-corrected chi connectivity index (χ1v) is 7.02. The third-order valence-corrected chi connectivity index (χ3v) is 3.92. The van der Waals surface area contributed by atoms with Gasteiger partial charge in [-0.05, 0) is 30.2 Å². The molecule has 1 aliphatic rings. The van der Waals surface area contributed by atoms with E-state index in [-0.39, 0.29) is 30.1 Å². The topological polar surface area (TPSA) is 80.1 Å². The molecular weight excluding hydrogens is 304 g/mol. The second kappa shape index (κ2) is 5.82. The molecule has 7 heteroatoms. The van der Waals surface area contributed by atoms with E-state index in [1.165, 1.54) is 23.2 Å². The largest absolute Gasteiger partial charge is 0.391 e. The van der Waals surface area contributed by atoms with E-state index in [4.69, 9.17) is 5.26 Å². The summed E-state index contributed by atoms with van der Waals surface area (Å²) in [4.78, 5) is 16.6. The number of rotatable bonds is 2. The number of likely N-dealkylation sites (tertiary alicyclic amines) is 1. The number of carbonyl (C=O) groups is 1. The van der Waals surface area contributed by atoms with E-state index < -0.39 is 23.8 Å². The number of H-pyrrole nitrogens is 1. The maximum absolute atomic E-state index is 13.4. The minimum absolute atomic E-state index is 0.0928. The van der Waals surface area contributed by atoms with Gasteiger partial charge < -0.3 is 15.0 Å². The quantitative estimate of drug-likeness (QED) is 0.890. The zero-order chi connectivity index (χ0) is 16.6. The van der Waals surface area contributed by atoms with Gasteiger partial charge in [0.15, 0.2) is 11.6 Å². The van der Waals surface area contributed by atoms with E-state index in [2.05, 4.69) is 4.98 Å². The van der Waals surface area contributed by atoms with Crippen molar-refractivity contribution < 1.29 is 18.7 Å². The second-order valence-corrected chi connectivity index (χ2v) is 5.45. The molecule has 3 rings (SSSR count). The van der Waals surface area contributed by atoms with Crippen LogP contribution in [0.4, 0.5) is 8.78 Å². The Bertz CT molecular complexity index is 797. The molecule has 0 saturated carbocycles. The van der Waals surface area contributed by atoms with Crippen LogP contribution in [0.25, 0.3) is 0 Å². The molecule has 23 heavy (non-hydrogen) atoms. The van der Waals surface area contributed by atoms with E-state index >= 15 is 0 Å². The number of nitrogens with zero attached hydrogens (tertiary/aromatic N) is 2. The van der Waals surface area contributed by atoms with Crippen LogP contribution in [0.5, 0.6) is 0 Å². The normalized spacial score (nSPS) is 20.5. The summed E-state index contributed by atoms with van der Waals surface area (Å²) in [7, 11) is 0. The number of halogens is 2. The predicted molar refractivity (Wildman–Crippen MR) is 76.3 cm³/mol. The molecule has 0 bridgehead atoms. The van der Waals surface area contributed by atoms with Gasteiger partial charge in [-0.1, -0.05) is 6.07 Å². The summed E-state index contributed by atoms with van der Waals surface area (Å²) in [5.74, 6) is -2.34. The second-order valence-electron chi connectivity index (χ2n) is 5.45. The lowest BCUT2D eigenvalue weighted by Gasteiger charge is -2.24. The van der Waals surface area contributed by atoms with Crippen molar-refractivity contribution in [2.45, 2.75) is 18.6 Å². The van der Waals surface area contributed by atoms with Crippen LogP contribution in [0.1, 0.15) is 34.1 Å². The number of carbonyl (C=O) groups excluding carboxylic acids is 1. The summed E-state index contributed by atoms with van der Waals surface area (Å²) in [6, 6.07) is 6.20. The van der Waals surface area contributed by atoms with Crippen LogP contribution in [0.15, 0.2) is 30.5 Å². The molecule has 2 atom stereocenters. The van der Waals surface area contributed by atoms with Crippen molar-refractivity contribution in [2.75, 3.05) is 6.54 Å². The molecule has 1 saturated heterocycles. The van der Waals surface area contributed by atoms with Crippen LogP contribution in [0, 0.1) is 23.0 Å². The number of aliphatic hydroxyl groups is 1. The standard InChI is InChI=1S/C16H13F2N3O2/c17-13-2-1-9(4-14(13)18)15-5-12(22)8-21(15)16(23)10-3-11(6-19)20-7-10/h1-4,7,12,15,20,22H,5,8H2/t12-,15-/m0/s1. The molecule has 1 aromatic carbocycles. The first-order valence-electron chi connectivity index (χ1n) is 7.02. The molecule has 118 valence electrons. The predicted octanol–water partition coefficient (Wildman–Crippen LogP) is 2.11. The van der Waals surface area contributed by atoms with Crippen molar-refractivity contribution in [1.82, 2.24) is 9.88 Å². The molecule has 1 aliphatic heterocycles. The summed E-state index contributed by atoms with van der Waals surface area (Å²) in [6.07, 6.45) is 0.909. The Labute approximate surface area is 130 Å². The number of aromatic amines is 1. The molecule has 2 heterocycles. The Morgan fingerprint density at radius 2 is 2.13 bits per heavy atom. The maximum Gasteiger partial charge on any atom is 0.256 e. The van der Waals surface area contributed by atoms with Crippen molar-refractivity contribution in [3.8, 4) is 6.07 Å². The lowest BCUT2D eigenvalue weighted by atomic mass is 10.0. The smallest absolute Gasteiger partial charge is 0.256 e. The van der Waals surface area contributed by atoms with Crippen molar-refractivity contribution in [2.24, 2.45) is 0 Å². The number of aromatic nitrogens is 1. The average Bonchev–Trinajstić information content (AvgIpc) is 3.16. The molecule has 1 amide bonds. The lowest BCUT2D eigenvalue weighted by Crippen LogP contribution is -2.31. The molecule has 0 radical (unpaired) electrons. The van der Waals surface area contributed by atoms with Crippen molar-refractivity contribution in [1.29, 1.82) is 5.26 Å². The Kier molecular flexibility index (Phi) is 3.84. The summed E-state index contributed by atoms with van der Waals surface area (Å²) < 4.78 is 26.5. The number of amides is 1. The zero-order valence-electron chi connectivity index (χ0n) is 12.0. The first kappa shape index (κ1) is 15.2. The number of aliphatic hydroxyl groups excluding tert-OH is 1. The number of nitrogens with one attached hydrogen (secondary N) is 1. The SMILES string of the molecule is N#Cc1cc(C(=O)N2C[C@@H](O)C[C@H]2c2ccc(F)c(F)c2)c[nH]1. The molecule has 0 spiro atoms. The summed E-state index contributed by atoms with van der Waals surface area (Å²) in [5, 5.41) is 18.7. The number of hydrogen-bond acceptors (Lipinski definition) is 3. The Hall–Kier alpha value is -2.72. The van der Waals surface area contributed by atoms with Gasteiger partial charge in [0.2, 0.25) is 0 Å². The molecule has 0 aliphatic carbocycles. The Balaban J connectivity index is 1.91. The molecule has 2 N–H and O–H groups in total. The molecule has 0 unspecified atom stereocenters. The fourth-order valence-electron chi connectivity index (χ4n) is 2.82. The van der Waals surface area contributed by atoms with Crippen LogP contribution < -0.4 is 0 Å². The van der Waals surface area contributed by atoms with Crippen LogP contribution in [-0.4, -0.2) is 33.5 Å². The van der Waals surface area contributed by atoms with E-state index in [0.717, 1.165) is 12.1 Å². The van der Waals surface area contributed by atoms with Crippen molar-refractivity contribution in [3.05, 3.63) is 58.9 Å². The third kappa shape index (κ3) is 2.81. The number of β-amino-alcohol motifs (C(OH)–C–C–N with tert-alkyl or cyclic N) is 1. The number of nitriles is 1. The van der Waals surface area contributed by atoms with Crippen molar-refractivity contribution >= 4 is 5.91 Å². The van der Waals surface area contributed by atoms with E-state index in [1.54, 1.807) is 0 Å². The molecular formula is C16H13F2N3O2. The van der Waals surface area contributed by atoms with E-state index in [0.29, 0.717) is 5.56 Å². The van der Waals surface area contributed by atoms with E-state index in [9.17, 15) is 18.7 Å². The highest BCUT2D eigenvalue weighted by atomic mass is 19.2.